The number of halogens is 4. The van der Waals surface area contributed by atoms with Gasteiger partial charge in [-0.25, -0.2) is 4.98 Å². The molecule has 0 aliphatic heterocycles. The highest BCUT2D eigenvalue weighted by Gasteiger charge is 2.20. The Morgan fingerprint density at radius 1 is 0.958 bits per heavy atom. The fourth-order valence-electron chi connectivity index (χ4n) is 2.63. The maximum atomic E-state index is 6.41. The van der Waals surface area contributed by atoms with E-state index in [4.69, 9.17) is 46.4 Å². The van der Waals surface area contributed by atoms with Crippen molar-refractivity contribution in [2.75, 3.05) is 0 Å². The van der Waals surface area contributed by atoms with E-state index in [0.29, 0.717) is 33.1 Å². The van der Waals surface area contributed by atoms with Crippen molar-refractivity contribution in [3.63, 3.8) is 0 Å². The number of rotatable bonds is 5. The smallest absolute Gasteiger partial charge is 0.137 e. The van der Waals surface area contributed by atoms with Gasteiger partial charge in [-0.2, -0.15) is 5.10 Å². The molecule has 0 saturated heterocycles. The molecule has 3 rings (SSSR count). The summed E-state index contributed by atoms with van der Waals surface area (Å²) in [5, 5.41) is 6.66. The Morgan fingerprint density at radius 2 is 1.71 bits per heavy atom. The molecule has 1 aromatic heterocycles. The van der Waals surface area contributed by atoms with Crippen LogP contribution in [0.15, 0.2) is 49.1 Å². The van der Waals surface area contributed by atoms with Crippen LogP contribution in [0.25, 0.3) is 0 Å². The lowest BCUT2D eigenvalue weighted by Crippen LogP contribution is -2.13. The van der Waals surface area contributed by atoms with E-state index < -0.39 is 0 Å². The van der Waals surface area contributed by atoms with Crippen LogP contribution in [0, 0.1) is 0 Å². The van der Waals surface area contributed by atoms with Crippen LogP contribution in [-0.2, 0) is 13.0 Å². The highest BCUT2D eigenvalue weighted by molar-refractivity contribution is 6.36. The van der Waals surface area contributed by atoms with Gasteiger partial charge in [-0.3, -0.25) is 4.68 Å². The monoisotopic (exact) mass is 399 g/mol. The summed E-state index contributed by atoms with van der Waals surface area (Å²) in [6.07, 6.45) is 3.80. The van der Waals surface area contributed by atoms with Crippen molar-refractivity contribution >= 4 is 46.4 Å². The van der Waals surface area contributed by atoms with Gasteiger partial charge in [0.15, 0.2) is 0 Å². The first-order valence-electron chi connectivity index (χ1n) is 7.25. The van der Waals surface area contributed by atoms with Crippen molar-refractivity contribution in [2.45, 2.75) is 18.9 Å². The number of aromatic nitrogens is 3. The highest BCUT2D eigenvalue weighted by Crippen LogP contribution is 2.35. The summed E-state index contributed by atoms with van der Waals surface area (Å²) in [7, 11) is 0. The van der Waals surface area contributed by atoms with Gasteiger partial charge in [-0.15, -0.1) is 0 Å². The van der Waals surface area contributed by atoms with Crippen molar-refractivity contribution < 1.29 is 0 Å². The van der Waals surface area contributed by atoms with E-state index in [1.54, 1.807) is 17.1 Å². The molecule has 0 aliphatic rings. The molecule has 1 unspecified atom stereocenters. The number of hydrogen-bond acceptors (Lipinski definition) is 2. The highest BCUT2D eigenvalue weighted by atomic mass is 35.5. The predicted octanol–water partition coefficient (Wildman–Crippen LogP) is 5.92. The summed E-state index contributed by atoms with van der Waals surface area (Å²) < 4.78 is 1.76. The maximum Gasteiger partial charge on any atom is 0.137 e. The van der Waals surface area contributed by atoms with Crippen LogP contribution in [0.2, 0.25) is 20.1 Å². The van der Waals surface area contributed by atoms with Crippen molar-refractivity contribution in [3.05, 3.63) is 80.3 Å². The molecule has 0 bridgehead atoms. The molecular formula is C17H13Cl4N3. The normalized spacial score (nSPS) is 12.3. The zero-order chi connectivity index (χ0) is 17.1. The fraction of sp³-hybridized carbons (Fsp3) is 0.176. The largest absolute Gasteiger partial charge is 0.252 e. The molecule has 7 heteroatoms. The fourth-order valence-corrected chi connectivity index (χ4v) is 3.75. The molecule has 3 nitrogen and oxygen atoms in total. The molecule has 0 N–H and O–H groups in total. The zero-order valence-electron chi connectivity index (χ0n) is 12.5. The van der Waals surface area contributed by atoms with Crippen LogP contribution in [0.1, 0.15) is 17.0 Å². The average molecular weight is 401 g/mol. The molecule has 0 fully saturated rings. The average Bonchev–Trinajstić information content (AvgIpc) is 3.03. The third-order valence-corrected chi connectivity index (χ3v) is 5.06. The first kappa shape index (κ1) is 17.6. The summed E-state index contributed by atoms with van der Waals surface area (Å²) >= 11 is 25.1. The SMILES string of the molecule is Clc1ccc(C(Cc2c(Cl)cccc2Cl)Cn2cncn2)c(Cl)c1. The van der Waals surface area contributed by atoms with E-state index in [9.17, 15) is 0 Å². The van der Waals surface area contributed by atoms with Crippen molar-refractivity contribution in [3.8, 4) is 0 Å². The van der Waals surface area contributed by atoms with Crippen LogP contribution in [0.4, 0.5) is 0 Å². The van der Waals surface area contributed by atoms with Gasteiger partial charge in [0.25, 0.3) is 0 Å². The van der Waals surface area contributed by atoms with Gasteiger partial charge in [0.1, 0.15) is 12.7 Å². The molecule has 0 amide bonds. The quantitative estimate of drug-likeness (QED) is 0.532. The third-order valence-electron chi connectivity index (χ3n) is 3.79. The van der Waals surface area contributed by atoms with Crippen molar-refractivity contribution in [1.29, 1.82) is 0 Å². The summed E-state index contributed by atoms with van der Waals surface area (Å²) in [5.74, 6) is 0.0221. The molecule has 124 valence electrons. The van der Waals surface area contributed by atoms with E-state index >= 15 is 0 Å². The van der Waals surface area contributed by atoms with E-state index in [-0.39, 0.29) is 5.92 Å². The predicted molar refractivity (Wildman–Crippen MR) is 99.4 cm³/mol. The maximum absolute atomic E-state index is 6.41. The summed E-state index contributed by atoms with van der Waals surface area (Å²) in [6, 6.07) is 11.0. The van der Waals surface area contributed by atoms with E-state index in [0.717, 1.165) is 11.1 Å². The van der Waals surface area contributed by atoms with Crippen molar-refractivity contribution in [2.24, 2.45) is 0 Å². The Bertz CT molecular complexity index is 814. The first-order chi connectivity index (χ1) is 11.5. The Hall–Kier alpha value is -1.26. The van der Waals surface area contributed by atoms with E-state index in [1.165, 1.54) is 6.33 Å². The van der Waals surface area contributed by atoms with Gasteiger partial charge in [0.2, 0.25) is 0 Å². The van der Waals surface area contributed by atoms with Gasteiger partial charge in [0.05, 0.1) is 0 Å². The standard InChI is InChI=1S/C17H13Cl4N3/c18-12-4-5-13(17(21)7-12)11(8-24-10-22-9-23-24)6-14-15(19)2-1-3-16(14)20/h1-5,7,9-11H,6,8H2. The van der Waals surface area contributed by atoms with Crippen LogP contribution >= 0.6 is 46.4 Å². The molecule has 3 aromatic rings. The topological polar surface area (TPSA) is 30.7 Å². The minimum atomic E-state index is 0.0221. The minimum Gasteiger partial charge on any atom is -0.252 e. The van der Waals surface area contributed by atoms with Crippen molar-refractivity contribution in [1.82, 2.24) is 14.8 Å². The Kier molecular flexibility index (Phi) is 5.67. The summed E-state index contributed by atoms with van der Waals surface area (Å²) in [5.41, 5.74) is 1.85. The second-order valence-corrected chi connectivity index (χ2v) is 7.04. The molecule has 1 heterocycles. The molecule has 0 aliphatic carbocycles. The molecular weight excluding hydrogens is 388 g/mol. The van der Waals surface area contributed by atoms with Crippen LogP contribution < -0.4 is 0 Å². The third kappa shape index (κ3) is 4.04. The van der Waals surface area contributed by atoms with E-state index in [1.807, 2.05) is 30.3 Å². The van der Waals surface area contributed by atoms with E-state index in [2.05, 4.69) is 10.1 Å². The summed E-state index contributed by atoms with van der Waals surface area (Å²) in [6.45, 7) is 0.600. The van der Waals surface area contributed by atoms with Gasteiger partial charge in [-0.05, 0) is 41.8 Å². The second kappa shape index (κ2) is 7.75. The van der Waals surface area contributed by atoms with Gasteiger partial charge >= 0.3 is 0 Å². The molecule has 0 saturated carbocycles. The lowest BCUT2D eigenvalue weighted by Gasteiger charge is -2.20. The van der Waals surface area contributed by atoms with Crippen LogP contribution in [0.3, 0.4) is 0 Å². The van der Waals surface area contributed by atoms with Crippen LogP contribution in [-0.4, -0.2) is 14.8 Å². The Morgan fingerprint density at radius 3 is 2.33 bits per heavy atom. The lowest BCUT2D eigenvalue weighted by molar-refractivity contribution is 0.512. The molecule has 1 atom stereocenters. The Balaban J connectivity index is 1.98. The first-order valence-corrected chi connectivity index (χ1v) is 8.76. The molecule has 0 spiro atoms. The van der Waals surface area contributed by atoms with Gasteiger partial charge < -0.3 is 0 Å². The number of benzene rings is 2. The zero-order valence-corrected chi connectivity index (χ0v) is 15.5. The molecule has 24 heavy (non-hydrogen) atoms. The lowest BCUT2D eigenvalue weighted by atomic mass is 9.91. The molecule has 2 aromatic carbocycles. The number of hydrogen-bond donors (Lipinski definition) is 0. The summed E-state index contributed by atoms with van der Waals surface area (Å²) in [4.78, 5) is 3.99. The number of nitrogens with zero attached hydrogens (tertiary/aromatic N) is 3. The molecule has 0 radical (unpaired) electrons. The second-order valence-electron chi connectivity index (χ2n) is 5.38. The van der Waals surface area contributed by atoms with Gasteiger partial charge in [-0.1, -0.05) is 58.5 Å². The minimum absolute atomic E-state index is 0.0221. The van der Waals surface area contributed by atoms with Gasteiger partial charge in [0, 0.05) is 32.6 Å². The Labute approximate surface area is 160 Å². The van der Waals surface area contributed by atoms with Crippen LogP contribution in [0.5, 0.6) is 0 Å².